The van der Waals surface area contributed by atoms with Crippen LogP contribution in [0.3, 0.4) is 0 Å². The van der Waals surface area contributed by atoms with Gasteiger partial charge < -0.3 is 5.32 Å². The van der Waals surface area contributed by atoms with Crippen molar-refractivity contribution in [3.05, 3.63) is 27.0 Å². The Morgan fingerprint density at radius 2 is 1.84 bits per heavy atom. The van der Waals surface area contributed by atoms with Gasteiger partial charge in [-0.2, -0.15) is 0 Å². The Hall–Kier alpha value is -1.17. The van der Waals surface area contributed by atoms with Crippen LogP contribution in [0.1, 0.15) is 44.9 Å². The van der Waals surface area contributed by atoms with Crippen LogP contribution in [0, 0.1) is 10.1 Å². The third kappa shape index (κ3) is 3.89. The van der Waals surface area contributed by atoms with Crippen molar-refractivity contribution in [2.45, 2.75) is 51.0 Å². The Morgan fingerprint density at radius 1 is 1.21 bits per heavy atom. The molecule has 0 aromatic carbocycles. The molecular formula is C13H18BrN3O2. The van der Waals surface area contributed by atoms with Crippen molar-refractivity contribution in [2.75, 3.05) is 5.32 Å². The van der Waals surface area contributed by atoms with E-state index in [9.17, 15) is 10.1 Å². The van der Waals surface area contributed by atoms with Crippen LogP contribution in [0.5, 0.6) is 0 Å². The summed E-state index contributed by atoms with van der Waals surface area (Å²) in [6.07, 6.45) is 11.3. The molecule has 1 heterocycles. The molecule has 6 heteroatoms. The monoisotopic (exact) mass is 327 g/mol. The number of hydrogen-bond acceptors (Lipinski definition) is 4. The van der Waals surface area contributed by atoms with Gasteiger partial charge in [-0.05, 0) is 28.8 Å². The number of pyridine rings is 1. The molecular weight excluding hydrogens is 310 g/mol. The second-order valence-electron chi connectivity index (χ2n) is 4.96. The number of rotatable bonds is 3. The summed E-state index contributed by atoms with van der Waals surface area (Å²) in [7, 11) is 0. The van der Waals surface area contributed by atoms with Crippen LogP contribution in [0.15, 0.2) is 16.9 Å². The predicted octanol–water partition coefficient (Wildman–Crippen LogP) is 4.28. The molecule has 0 saturated heterocycles. The number of nitro groups is 1. The first-order valence-corrected chi connectivity index (χ1v) is 7.52. The van der Waals surface area contributed by atoms with E-state index in [1.807, 2.05) is 0 Å². The molecule has 0 radical (unpaired) electrons. The first-order valence-electron chi connectivity index (χ1n) is 6.73. The molecule has 1 N–H and O–H groups in total. The quantitative estimate of drug-likeness (QED) is 0.664. The van der Waals surface area contributed by atoms with Crippen LogP contribution in [0.4, 0.5) is 11.4 Å². The van der Waals surface area contributed by atoms with Gasteiger partial charge >= 0.3 is 5.69 Å². The predicted molar refractivity (Wildman–Crippen MR) is 78.3 cm³/mol. The van der Waals surface area contributed by atoms with Crippen molar-refractivity contribution < 1.29 is 4.92 Å². The fraction of sp³-hybridized carbons (Fsp3) is 0.615. The summed E-state index contributed by atoms with van der Waals surface area (Å²) in [4.78, 5) is 14.5. The lowest BCUT2D eigenvalue weighted by molar-refractivity contribution is -0.384. The molecule has 1 fully saturated rings. The van der Waals surface area contributed by atoms with Crippen molar-refractivity contribution in [1.82, 2.24) is 4.98 Å². The molecule has 0 atom stereocenters. The maximum atomic E-state index is 11.0. The van der Waals surface area contributed by atoms with E-state index in [0.29, 0.717) is 16.2 Å². The van der Waals surface area contributed by atoms with Crippen molar-refractivity contribution in [1.29, 1.82) is 0 Å². The van der Waals surface area contributed by atoms with E-state index < -0.39 is 0 Å². The maximum absolute atomic E-state index is 11.0. The fourth-order valence-electron chi connectivity index (χ4n) is 2.51. The van der Waals surface area contributed by atoms with Gasteiger partial charge in [0.15, 0.2) is 0 Å². The molecule has 2 rings (SSSR count). The van der Waals surface area contributed by atoms with Crippen molar-refractivity contribution in [3.63, 3.8) is 0 Å². The number of hydrogen-bond donors (Lipinski definition) is 1. The highest BCUT2D eigenvalue weighted by molar-refractivity contribution is 9.10. The average Bonchev–Trinajstić information content (AvgIpc) is 2.34. The van der Waals surface area contributed by atoms with Gasteiger partial charge in [-0.3, -0.25) is 15.1 Å². The van der Waals surface area contributed by atoms with Crippen LogP contribution in [0.25, 0.3) is 0 Å². The van der Waals surface area contributed by atoms with Crippen molar-refractivity contribution in [3.8, 4) is 0 Å². The normalized spacial score (nSPS) is 17.5. The van der Waals surface area contributed by atoms with Gasteiger partial charge in [0.25, 0.3) is 0 Å². The first-order chi connectivity index (χ1) is 9.18. The molecule has 1 aliphatic carbocycles. The number of nitrogens with zero attached hydrogens (tertiary/aromatic N) is 2. The van der Waals surface area contributed by atoms with E-state index in [1.54, 1.807) is 6.20 Å². The molecule has 0 unspecified atom stereocenters. The lowest BCUT2D eigenvalue weighted by Crippen LogP contribution is -2.21. The van der Waals surface area contributed by atoms with Gasteiger partial charge in [0.05, 0.1) is 9.40 Å². The van der Waals surface area contributed by atoms with Crippen LogP contribution in [-0.4, -0.2) is 15.9 Å². The van der Waals surface area contributed by atoms with Gasteiger partial charge in [0.1, 0.15) is 11.9 Å². The van der Waals surface area contributed by atoms with Crippen molar-refractivity contribution >= 4 is 27.3 Å². The molecule has 0 spiro atoms. The van der Waals surface area contributed by atoms with Crippen LogP contribution < -0.4 is 5.32 Å². The van der Waals surface area contributed by atoms with Crippen LogP contribution >= 0.6 is 15.9 Å². The number of halogens is 1. The standard InChI is InChI=1S/C13H18BrN3O2/c14-11-8-15-9-12(17(18)19)13(11)16-10-6-4-2-1-3-5-7-10/h8-10H,1-7H2,(H,15,16). The van der Waals surface area contributed by atoms with E-state index >= 15 is 0 Å². The molecule has 19 heavy (non-hydrogen) atoms. The van der Waals surface area contributed by atoms with Gasteiger partial charge in [-0.1, -0.05) is 32.1 Å². The minimum absolute atomic E-state index is 0.0384. The maximum Gasteiger partial charge on any atom is 0.311 e. The minimum atomic E-state index is -0.386. The summed E-state index contributed by atoms with van der Waals surface area (Å²) in [6.45, 7) is 0. The zero-order valence-corrected chi connectivity index (χ0v) is 12.4. The van der Waals surface area contributed by atoms with E-state index in [0.717, 1.165) is 12.8 Å². The summed E-state index contributed by atoms with van der Waals surface area (Å²) in [5.41, 5.74) is 0.599. The highest BCUT2D eigenvalue weighted by atomic mass is 79.9. The molecule has 5 nitrogen and oxygen atoms in total. The number of aromatic nitrogens is 1. The summed E-state index contributed by atoms with van der Waals surface area (Å²) in [5, 5.41) is 14.4. The van der Waals surface area contributed by atoms with Gasteiger partial charge in [0, 0.05) is 12.2 Å². The van der Waals surface area contributed by atoms with Crippen LogP contribution in [-0.2, 0) is 0 Å². The summed E-state index contributed by atoms with van der Waals surface area (Å²) in [6, 6.07) is 0.317. The smallest absolute Gasteiger partial charge is 0.311 e. The fourth-order valence-corrected chi connectivity index (χ4v) is 2.95. The average molecular weight is 328 g/mol. The lowest BCUT2D eigenvalue weighted by Gasteiger charge is -2.22. The first kappa shape index (κ1) is 14.2. The zero-order valence-electron chi connectivity index (χ0n) is 10.8. The van der Waals surface area contributed by atoms with Gasteiger partial charge in [0.2, 0.25) is 0 Å². The van der Waals surface area contributed by atoms with Gasteiger partial charge in [-0.15, -0.1) is 0 Å². The van der Waals surface area contributed by atoms with E-state index in [1.165, 1.54) is 38.3 Å². The SMILES string of the molecule is O=[N+]([O-])c1cncc(Br)c1NC1CCCCCCC1. The molecule has 0 amide bonds. The van der Waals surface area contributed by atoms with E-state index in [4.69, 9.17) is 0 Å². The van der Waals surface area contributed by atoms with Crippen LogP contribution in [0.2, 0.25) is 0 Å². The second kappa shape index (κ2) is 6.84. The summed E-state index contributed by atoms with van der Waals surface area (Å²) in [5.74, 6) is 0. The molecule has 1 aromatic heterocycles. The van der Waals surface area contributed by atoms with E-state index in [2.05, 4.69) is 26.2 Å². The van der Waals surface area contributed by atoms with Gasteiger partial charge in [-0.25, -0.2) is 0 Å². The molecule has 0 bridgehead atoms. The Kier molecular flexibility index (Phi) is 5.13. The Morgan fingerprint density at radius 3 is 2.47 bits per heavy atom. The Balaban J connectivity index is 2.14. The molecule has 1 aliphatic rings. The zero-order chi connectivity index (χ0) is 13.7. The lowest BCUT2D eigenvalue weighted by atomic mass is 9.96. The summed E-state index contributed by atoms with van der Waals surface area (Å²) >= 11 is 3.35. The number of anilines is 1. The third-order valence-electron chi connectivity index (χ3n) is 3.53. The highest BCUT2D eigenvalue weighted by Crippen LogP contribution is 2.33. The molecule has 0 aliphatic heterocycles. The third-order valence-corrected chi connectivity index (χ3v) is 4.13. The summed E-state index contributed by atoms with van der Waals surface area (Å²) < 4.78 is 0.656. The topological polar surface area (TPSA) is 68.1 Å². The largest absolute Gasteiger partial charge is 0.376 e. The Bertz CT molecular complexity index is 446. The molecule has 104 valence electrons. The highest BCUT2D eigenvalue weighted by Gasteiger charge is 2.20. The number of nitrogens with one attached hydrogen (secondary N) is 1. The Labute approximate surface area is 121 Å². The van der Waals surface area contributed by atoms with Crippen molar-refractivity contribution in [2.24, 2.45) is 0 Å². The minimum Gasteiger partial charge on any atom is -0.376 e. The molecule has 1 aromatic rings. The van der Waals surface area contributed by atoms with E-state index in [-0.39, 0.29) is 10.6 Å². The molecule has 1 saturated carbocycles. The second-order valence-corrected chi connectivity index (χ2v) is 5.81.